The Kier molecular flexibility index (Phi) is 13.6. The Labute approximate surface area is 268 Å². The molecule has 0 bridgehead atoms. The topological polar surface area (TPSA) is 151 Å². The summed E-state index contributed by atoms with van der Waals surface area (Å²) in [5, 5.41) is 32.1. The number of carbonyl (C=O) groups is 4. The van der Waals surface area contributed by atoms with E-state index in [2.05, 4.69) is 16.0 Å². The number of hydrogen-bond donors (Lipinski definition) is 4. The third-order valence-electron chi connectivity index (χ3n) is 7.51. The summed E-state index contributed by atoms with van der Waals surface area (Å²) in [6.45, 7) is 14.5. The first-order valence-corrected chi connectivity index (χ1v) is 15.5. The number of rotatable bonds is 14. The van der Waals surface area contributed by atoms with Crippen molar-refractivity contribution < 1.29 is 29.4 Å². The molecule has 2 aromatic rings. The van der Waals surface area contributed by atoms with Crippen LogP contribution in [0.2, 0.25) is 0 Å². The predicted molar refractivity (Wildman–Crippen MR) is 173 cm³/mol. The first-order valence-electron chi connectivity index (χ1n) is 15.5. The van der Waals surface area contributed by atoms with Gasteiger partial charge in [0.25, 0.3) is 0 Å². The minimum Gasteiger partial charge on any atom is -0.530 e. The van der Waals surface area contributed by atoms with Crippen LogP contribution in [-0.2, 0) is 27.3 Å². The Morgan fingerprint density at radius 3 is 1.84 bits per heavy atom. The largest absolute Gasteiger partial charge is 0.530 e. The number of nitrogens with one attached hydrogen (secondary N) is 3. The zero-order valence-corrected chi connectivity index (χ0v) is 27.9. The summed E-state index contributed by atoms with van der Waals surface area (Å²) in [4.78, 5) is 53.1. The number of benzene rings is 2. The van der Waals surface area contributed by atoms with Gasteiger partial charge in [-0.15, -0.1) is 0 Å². The number of carbonyl (C=O) groups excluding carboxylic acids is 4. The van der Waals surface area contributed by atoms with Crippen molar-refractivity contribution in [1.29, 1.82) is 0 Å². The molecule has 45 heavy (non-hydrogen) atoms. The second-order valence-electron chi connectivity index (χ2n) is 14.1. The van der Waals surface area contributed by atoms with Crippen molar-refractivity contribution in [3.8, 4) is 0 Å². The minimum absolute atomic E-state index is 0.0244. The molecule has 10 heteroatoms. The minimum atomic E-state index is -1.48. The fourth-order valence-corrected chi connectivity index (χ4v) is 5.20. The molecule has 0 aliphatic heterocycles. The van der Waals surface area contributed by atoms with Crippen molar-refractivity contribution >= 4 is 23.8 Å². The van der Waals surface area contributed by atoms with Crippen LogP contribution < -0.4 is 21.1 Å². The van der Waals surface area contributed by atoms with Crippen LogP contribution >= 0.6 is 0 Å². The summed E-state index contributed by atoms with van der Waals surface area (Å²) in [7, 11) is 0. The molecule has 0 saturated heterocycles. The van der Waals surface area contributed by atoms with E-state index in [1.165, 1.54) is 0 Å². The van der Waals surface area contributed by atoms with Crippen LogP contribution in [0, 0.1) is 17.3 Å². The van der Waals surface area contributed by atoms with E-state index in [0.717, 1.165) is 10.5 Å². The molecule has 0 fully saturated rings. The second kappa shape index (κ2) is 16.4. The zero-order chi connectivity index (χ0) is 33.9. The third-order valence-corrected chi connectivity index (χ3v) is 7.51. The molecule has 0 heterocycles. The lowest BCUT2D eigenvalue weighted by Crippen LogP contribution is -2.59. The van der Waals surface area contributed by atoms with E-state index in [-0.39, 0.29) is 37.7 Å². The highest BCUT2D eigenvalue weighted by atomic mass is 16.4. The van der Waals surface area contributed by atoms with Crippen molar-refractivity contribution in [1.82, 2.24) is 20.9 Å². The van der Waals surface area contributed by atoms with Gasteiger partial charge in [-0.2, -0.15) is 0 Å². The summed E-state index contributed by atoms with van der Waals surface area (Å²) < 4.78 is 0. The van der Waals surface area contributed by atoms with Gasteiger partial charge in [0.1, 0.15) is 12.1 Å². The van der Waals surface area contributed by atoms with Gasteiger partial charge in [0.15, 0.2) is 0 Å². The van der Waals surface area contributed by atoms with E-state index in [1.54, 1.807) is 38.1 Å². The van der Waals surface area contributed by atoms with E-state index in [0.29, 0.717) is 5.56 Å². The highest BCUT2D eigenvalue weighted by Gasteiger charge is 2.36. The molecule has 2 rings (SSSR count). The van der Waals surface area contributed by atoms with Gasteiger partial charge in [-0.3, -0.25) is 14.4 Å². The smallest absolute Gasteiger partial charge is 0.243 e. The molecule has 0 unspecified atom stereocenters. The Hall–Kier alpha value is -3.92. The Morgan fingerprint density at radius 1 is 0.844 bits per heavy atom. The van der Waals surface area contributed by atoms with E-state index in [4.69, 9.17) is 0 Å². The number of carboxylic acid groups (broad SMARTS) is 1. The van der Waals surface area contributed by atoms with Gasteiger partial charge in [0.2, 0.25) is 17.7 Å². The summed E-state index contributed by atoms with van der Waals surface area (Å²) >= 11 is 0. The monoisotopic (exact) mass is 623 g/mol. The maximum Gasteiger partial charge on any atom is 0.243 e. The molecular weight excluding hydrogens is 572 g/mol. The fourth-order valence-electron chi connectivity index (χ4n) is 5.20. The Bertz CT molecular complexity index is 1250. The molecule has 0 radical (unpaired) electrons. The van der Waals surface area contributed by atoms with Crippen molar-refractivity contribution in [2.75, 3.05) is 6.54 Å². The lowest BCUT2D eigenvalue weighted by Gasteiger charge is -2.37. The Morgan fingerprint density at radius 2 is 1.38 bits per heavy atom. The molecule has 0 aromatic heterocycles. The summed E-state index contributed by atoms with van der Waals surface area (Å²) in [5.74, 6) is -2.30. The summed E-state index contributed by atoms with van der Waals surface area (Å²) in [5.41, 5.74) is 0.547. The van der Waals surface area contributed by atoms with Gasteiger partial charge >= 0.3 is 0 Å². The molecule has 0 saturated carbocycles. The standard InChI is InChI=1S/C35H52N4O6/c1-23(2)30(39(33(44)45)22-25-17-13-10-14-18-25)32(43)37-27(19-24-15-11-9-12-16-24)28(40)21-36-31(42)26(34(3,4)5)20-29(41)38-35(6,7)8/h9-18,23,26-28,30,40H,19-22H2,1-8H3,(H,36,42)(H,37,43)(H,38,41)(H,44,45)/p-1/t26-,27+,28-,30+/m1/s1. The van der Waals surface area contributed by atoms with Crippen molar-refractivity contribution in [3.63, 3.8) is 0 Å². The first kappa shape index (κ1) is 37.3. The van der Waals surface area contributed by atoms with Crippen molar-refractivity contribution in [2.45, 2.75) is 98.5 Å². The van der Waals surface area contributed by atoms with Crippen LogP contribution in [0.1, 0.15) is 72.9 Å². The van der Waals surface area contributed by atoms with Crippen LogP contribution in [0.5, 0.6) is 0 Å². The molecule has 2 aromatic carbocycles. The number of nitrogens with zero attached hydrogens (tertiary/aromatic N) is 1. The first-order chi connectivity index (χ1) is 20.9. The zero-order valence-electron chi connectivity index (χ0n) is 27.9. The van der Waals surface area contributed by atoms with Crippen LogP contribution in [0.15, 0.2) is 60.7 Å². The van der Waals surface area contributed by atoms with Crippen molar-refractivity contribution in [3.05, 3.63) is 71.8 Å². The predicted octanol–water partition coefficient (Wildman–Crippen LogP) is 3.03. The number of aliphatic hydroxyl groups is 1. The Balaban J connectivity index is 2.27. The van der Waals surface area contributed by atoms with Crippen LogP contribution in [0.4, 0.5) is 4.79 Å². The van der Waals surface area contributed by atoms with Gasteiger partial charge in [-0.05, 0) is 49.7 Å². The van der Waals surface area contributed by atoms with Gasteiger partial charge in [0.05, 0.1) is 18.1 Å². The SMILES string of the molecule is CC(C)[C@@H](C(=O)N[C@@H](Cc1ccccc1)[C@H](O)CNC(=O)[C@@H](CC(=O)NC(C)(C)C)C(C)(C)C)N(Cc1ccccc1)C(=O)[O-]. The molecule has 10 nitrogen and oxygen atoms in total. The van der Waals surface area contributed by atoms with Gasteiger partial charge in [-0.25, -0.2) is 0 Å². The molecule has 4 amide bonds. The molecule has 4 atom stereocenters. The molecule has 4 N–H and O–H groups in total. The lowest BCUT2D eigenvalue weighted by atomic mass is 9.77. The van der Waals surface area contributed by atoms with Crippen LogP contribution in [-0.4, -0.2) is 64.1 Å². The number of aliphatic hydroxyl groups excluding tert-OH is 1. The van der Waals surface area contributed by atoms with E-state index >= 15 is 0 Å². The molecule has 0 aliphatic rings. The number of amides is 4. The average molecular weight is 624 g/mol. The number of hydrogen-bond acceptors (Lipinski definition) is 6. The van der Waals surface area contributed by atoms with Gasteiger partial charge in [0, 0.05) is 25.0 Å². The average Bonchev–Trinajstić information content (AvgIpc) is 2.93. The van der Waals surface area contributed by atoms with Crippen LogP contribution in [0.25, 0.3) is 0 Å². The quantitative estimate of drug-likeness (QED) is 0.254. The highest BCUT2D eigenvalue weighted by molar-refractivity contribution is 5.87. The van der Waals surface area contributed by atoms with Crippen LogP contribution in [0.3, 0.4) is 0 Å². The molecule has 0 spiro atoms. The second-order valence-corrected chi connectivity index (χ2v) is 14.1. The summed E-state index contributed by atoms with van der Waals surface area (Å²) in [6.07, 6.45) is -2.50. The highest BCUT2D eigenvalue weighted by Crippen LogP contribution is 2.29. The van der Waals surface area contributed by atoms with Gasteiger partial charge < -0.3 is 35.9 Å². The van der Waals surface area contributed by atoms with E-state index < -0.39 is 53.0 Å². The maximum absolute atomic E-state index is 13.8. The summed E-state index contributed by atoms with van der Waals surface area (Å²) in [6, 6.07) is 16.2. The fraction of sp³-hybridized carbons (Fsp3) is 0.543. The molecular formula is C35H51N4O6-. The normalized spacial score (nSPS) is 14.5. The lowest BCUT2D eigenvalue weighted by molar-refractivity contribution is -0.269. The van der Waals surface area contributed by atoms with Gasteiger partial charge in [-0.1, -0.05) is 95.3 Å². The van der Waals surface area contributed by atoms with E-state index in [1.807, 2.05) is 77.9 Å². The van der Waals surface area contributed by atoms with Crippen molar-refractivity contribution in [2.24, 2.45) is 17.3 Å². The molecule has 248 valence electrons. The maximum atomic E-state index is 13.8. The van der Waals surface area contributed by atoms with E-state index in [9.17, 15) is 29.4 Å². The third kappa shape index (κ3) is 12.5. The molecule has 0 aliphatic carbocycles.